The van der Waals surface area contributed by atoms with Gasteiger partial charge in [0.05, 0.1) is 6.10 Å². The maximum atomic E-state index is 9.53. The third kappa shape index (κ3) is 2.23. The maximum absolute atomic E-state index is 9.53. The Bertz CT molecular complexity index is 318. The Morgan fingerprint density at radius 3 is 2.20 bits per heavy atom. The lowest BCUT2D eigenvalue weighted by Crippen LogP contribution is -2.30. The van der Waals surface area contributed by atoms with E-state index in [9.17, 15) is 5.11 Å². The molecule has 15 heavy (non-hydrogen) atoms. The molecule has 82 valence electrons. The van der Waals surface area contributed by atoms with Gasteiger partial charge in [-0.2, -0.15) is 0 Å². The van der Waals surface area contributed by atoms with E-state index in [-0.39, 0.29) is 11.5 Å². The van der Waals surface area contributed by atoms with Gasteiger partial charge in [-0.05, 0) is 43.6 Å². The minimum atomic E-state index is -0.0662. The van der Waals surface area contributed by atoms with Gasteiger partial charge in [-0.3, -0.25) is 0 Å². The van der Waals surface area contributed by atoms with Crippen LogP contribution in [-0.4, -0.2) is 11.2 Å². The van der Waals surface area contributed by atoms with Gasteiger partial charge in [0, 0.05) is 0 Å². The topological polar surface area (TPSA) is 20.2 Å². The Balaban J connectivity index is 2.18. The van der Waals surface area contributed by atoms with E-state index in [2.05, 4.69) is 38.1 Å². The third-order valence-corrected chi connectivity index (χ3v) is 3.81. The van der Waals surface area contributed by atoms with Crippen LogP contribution in [0.25, 0.3) is 0 Å². The molecule has 1 saturated carbocycles. The van der Waals surface area contributed by atoms with Crippen LogP contribution in [0.2, 0.25) is 0 Å². The Hall–Kier alpha value is -0.820. The first-order valence-electron chi connectivity index (χ1n) is 5.85. The van der Waals surface area contributed by atoms with Gasteiger partial charge in [-0.25, -0.2) is 0 Å². The summed E-state index contributed by atoms with van der Waals surface area (Å²) in [5.41, 5.74) is 3.03. The van der Waals surface area contributed by atoms with Crippen molar-refractivity contribution < 1.29 is 5.11 Å². The van der Waals surface area contributed by atoms with Gasteiger partial charge < -0.3 is 5.11 Å². The third-order valence-electron chi connectivity index (χ3n) is 3.81. The number of rotatable bonds is 1. The molecular formula is C14H20O. The number of aryl methyl sites for hydroxylation is 1. The predicted octanol–water partition coefficient (Wildman–Crippen LogP) is 3.19. The van der Waals surface area contributed by atoms with Gasteiger partial charge in [0.15, 0.2) is 0 Å². The monoisotopic (exact) mass is 204 g/mol. The number of aliphatic hydroxyl groups is 1. The summed E-state index contributed by atoms with van der Waals surface area (Å²) in [4.78, 5) is 0. The van der Waals surface area contributed by atoms with Crippen molar-refractivity contribution >= 4 is 0 Å². The molecule has 1 heteroatoms. The predicted molar refractivity (Wildman–Crippen MR) is 63.0 cm³/mol. The van der Waals surface area contributed by atoms with Crippen LogP contribution in [0.3, 0.4) is 0 Å². The van der Waals surface area contributed by atoms with Crippen LogP contribution in [-0.2, 0) is 5.41 Å². The first-order chi connectivity index (χ1) is 7.10. The molecule has 0 aromatic heterocycles. The van der Waals surface area contributed by atoms with Gasteiger partial charge in [0.25, 0.3) is 0 Å². The fourth-order valence-electron chi connectivity index (χ4n) is 2.48. The molecule has 1 aliphatic carbocycles. The summed E-state index contributed by atoms with van der Waals surface area (Å²) in [5.74, 6) is 0. The van der Waals surface area contributed by atoms with Crippen LogP contribution in [0.1, 0.15) is 43.7 Å². The minimum absolute atomic E-state index is 0.0662. The highest BCUT2D eigenvalue weighted by Gasteiger charge is 2.31. The molecule has 0 unspecified atom stereocenters. The lowest BCUT2D eigenvalue weighted by atomic mass is 9.70. The zero-order valence-corrected chi connectivity index (χ0v) is 9.66. The minimum Gasteiger partial charge on any atom is -0.393 e. The maximum Gasteiger partial charge on any atom is 0.0540 e. The molecule has 1 fully saturated rings. The van der Waals surface area contributed by atoms with Crippen molar-refractivity contribution in [1.29, 1.82) is 0 Å². The van der Waals surface area contributed by atoms with E-state index < -0.39 is 0 Å². The molecule has 0 atom stereocenters. The molecule has 0 radical (unpaired) electrons. The van der Waals surface area contributed by atoms with Crippen LogP contribution < -0.4 is 0 Å². The van der Waals surface area contributed by atoms with Crippen molar-refractivity contribution in [2.75, 3.05) is 0 Å². The molecule has 2 rings (SSSR count). The van der Waals surface area contributed by atoms with Gasteiger partial charge in [0.1, 0.15) is 0 Å². The highest BCUT2D eigenvalue weighted by molar-refractivity contribution is 5.28. The van der Waals surface area contributed by atoms with Crippen LogP contribution in [0, 0.1) is 6.92 Å². The van der Waals surface area contributed by atoms with E-state index in [0.717, 1.165) is 25.7 Å². The Labute approximate surface area is 92.1 Å². The van der Waals surface area contributed by atoms with Crippen molar-refractivity contribution in [2.45, 2.75) is 51.0 Å². The molecule has 0 saturated heterocycles. The summed E-state index contributed by atoms with van der Waals surface area (Å²) in [6, 6.07) is 8.86. The average molecular weight is 204 g/mol. The molecule has 1 aliphatic rings. The van der Waals surface area contributed by atoms with Crippen molar-refractivity contribution in [1.82, 2.24) is 0 Å². The average Bonchev–Trinajstić information content (AvgIpc) is 2.24. The summed E-state index contributed by atoms with van der Waals surface area (Å²) >= 11 is 0. The Morgan fingerprint density at radius 1 is 1.13 bits per heavy atom. The molecule has 1 aromatic carbocycles. The van der Waals surface area contributed by atoms with Gasteiger partial charge >= 0.3 is 0 Å². The van der Waals surface area contributed by atoms with E-state index in [1.165, 1.54) is 11.1 Å². The molecule has 0 amide bonds. The second-order valence-electron chi connectivity index (χ2n) is 5.16. The summed E-state index contributed by atoms with van der Waals surface area (Å²) in [5, 5.41) is 9.53. The Kier molecular flexibility index (Phi) is 2.83. The van der Waals surface area contributed by atoms with E-state index in [4.69, 9.17) is 0 Å². The van der Waals surface area contributed by atoms with E-state index >= 15 is 0 Å². The molecule has 0 spiro atoms. The van der Waals surface area contributed by atoms with Crippen molar-refractivity contribution in [3.63, 3.8) is 0 Å². The zero-order valence-electron chi connectivity index (χ0n) is 9.66. The first-order valence-corrected chi connectivity index (χ1v) is 5.85. The summed E-state index contributed by atoms with van der Waals surface area (Å²) in [6.07, 6.45) is 4.05. The van der Waals surface area contributed by atoms with E-state index in [0.29, 0.717) is 0 Å². The lowest BCUT2D eigenvalue weighted by molar-refractivity contribution is 0.100. The standard InChI is InChI=1S/C14H20O/c1-11-3-5-12(6-4-11)14(2)9-7-13(15)8-10-14/h3-6,13,15H,7-10H2,1-2H3. The molecule has 1 aromatic rings. The Morgan fingerprint density at radius 2 is 1.67 bits per heavy atom. The SMILES string of the molecule is Cc1ccc(C2(C)CCC(O)CC2)cc1. The fraction of sp³-hybridized carbons (Fsp3) is 0.571. The largest absolute Gasteiger partial charge is 0.393 e. The lowest BCUT2D eigenvalue weighted by Gasteiger charge is -2.36. The molecular weight excluding hydrogens is 184 g/mol. The molecule has 0 bridgehead atoms. The number of aliphatic hydroxyl groups excluding tert-OH is 1. The van der Waals surface area contributed by atoms with Crippen molar-refractivity contribution in [3.8, 4) is 0 Å². The number of hydrogen-bond donors (Lipinski definition) is 1. The van der Waals surface area contributed by atoms with Crippen molar-refractivity contribution in [3.05, 3.63) is 35.4 Å². The van der Waals surface area contributed by atoms with E-state index in [1.54, 1.807) is 0 Å². The molecule has 0 heterocycles. The normalized spacial score (nSPS) is 31.5. The highest BCUT2D eigenvalue weighted by atomic mass is 16.3. The van der Waals surface area contributed by atoms with Gasteiger partial charge in [-0.1, -0.05) is 36.8 Å². The van der Waals surface area contributed by atoms with Gasteiger partial charge in [0.2, 0.25) is 0 Å². The first kappa shape index (κ1) is 10.7. The van der Waals surface area contributed by atoms with Gasteiger partial charge in [-0.15, -0.1) is 0 Å². The zero-order chi connectivity index (χ0) is 10.9. The second-order valence-corrected chi connectivity index (χ2v) is 5.16. The smallest absolute Gasteiger partial charge is 0.0540 e. The quantitative estimate of drug-likeness (QED) is 0.745. The number of benzene rings is 1. The van der Waals surface area contributed by atoms with Crippen LogP contribution in [0.5, 0.6) is 0 Å². The van der Waals surface area contributed by atoms with Crippen LogP contribution in [0.4, 0.5) is 0 Å². The number of hydrogen-bond acceptors (Lipinski definition) is 1. The van der Waals surface area contributed by atoms with E-state index in [1.807, 2.05) is 0 Å². The second kappa shape index (κ2) is 3.97. The fourth-order valence-corrected chi connectivity index (χ4v) is 2.48. The summed E-state index contributed by atoms with van der Waals surface area (Å²) < 4.78 is 0. The van der Waals surface area contributed by atoms with Crippen LogP contribution >= 0.6 is 0 Å². The highest BCUT2D eigenvalue weighted by Crippen LogP contribution is 2.38. The molecule has 1 nitrogen and oxygen atoms in total. The molecule has 0 aliphatic heterocycles. The summed E-state index contributed by atoms with van der Waals surface area (Å²) in [6.45, 7) is 4.44. The van der Waals surface area contributed by atoms with Crippen molar-refractivity contribution in [2.24, 2.45) is 0 Å². The summed E-state index contributed by atoms with van der Waals surface area (Å²) in [7, 11) is 0. The molecule has 1 N–H and O–H groups in total. The van der Waals surface area contributed by atoms with Crippen LogP contribution in [0.15, 0.2) is 24.3 Å².